The van der Waals surface area contributed by atoms with Crippen LogP contribution in [0, 0.1) is 5.82 Å². The van der Waals surface area contributed by atoms with Crippen LogP contribution in [0.2, 0.25) is 0 Å². The maximum atomic E-state index is 13.0. The molecular formula is C10H10FN3O2. The lowest BCUT2D eigenvalue weighted by atomic mass is 10.2. The summed E-state index contributed by atoms with van der Waals surface area (Å²) in [6, 6.07) is 3.97. The minimum atomic E-state index is -0.407. The molecule has 1 aromatic heterocycles. The predicted octanol–water partition coefficient (Wildman–Crippen LogP) is 1.60. The van der Waals surface area contributed by atoms with Gasteiger partial charge in [0.05, 0.1) is 5.56 Å². The molecule has 0 amide bonds. The van der Waals surface area contributed by atoms with Crippen molar-refractivity contribution in [1.29, 1.82) is 0 Å². The molecule has 16 heavy (non-hydrogen) atoms. The van der Waals surface area contributed by atoms with Crippen molar-refractivity contribution in [2.45, 2.75) is 6.61 Å². The lowest BCUT2D eigenvalue weighted by Gasteiger charge is -1.99. The van der Waals surface area contributed by atoms with E-state index in [9.17, 15) is 4.39 Å². The smallest absolute Gasteiger partial charge is 0.260 e. The molecule has 0 saturated carbocycles. The van der Waals surface area contributed by atoms with Gasteiger partial charge in [-0.3, -0.25) is 0 Å². The van der Waals surface area contributed by atoms with E-state index >= 15 is 0 Å². The number of benzene rings is 1. The summed E-state index contributed by atoms with van der Waals surface area (Å²) in [6.45, 7) is 0.235. The van der Waals surface area contributed by atoms with Gasteiger partial charge in [0.15, 0.2) is 5.82 Å². The lowest BCUT2D eigenvalue weighted by Crippen LogP contribution is -1.92. The summed E-state index contributed by atoms with van der Waals surface area (Å²) >= 11 is 0. The van der Waals surface area contributed by atoms with Gasteiger partial charge < -0.3 is 15.0 Å². The molecule has 1 heterocycles. The highest BCUT2D eigenvalue weighted by Crippen LogP contribution is 2.24. The zero-order valence-corrected chi connectivity index (χ0v) is 8.61. The number of nitrogens with zero attached hydrogens (tertiary/aromatic N) is 2. The number of hydrogen-bond donors (Lipinski definition) is 1. The summed E-state index contributed by atoms with van der Waals surface area (Å²) in [5, 5.41) is 3.66. The maximum absolute atomic E-state index is 13.0. The first-order valence-corrected chi connectivity index (χ1v) is 4.57. The van der Waals surface area contributed by atoms with E-state index in [4.69, 9.17) is 15.0 Å². The molecule has 6 heteroatoms. The summed E-state index contributed by atoms with van der Waals surface area (Å²) in [6.07, 6.45) is 0. The van der Waals surface area contributed by atoms with Gasteiger partial charge in [0, 0.05) is 12.8 Å². The fourth-order valence-corrected chi connectivity index (χ4v) is 1.26. The van der Waals surface area contributed by atoms with Gasteiger partial charge in [-0.1, -0.05) is 5.16 Å². The van der Waals surface area contributed by atoms with Crippen LogP contribution in [0.1, 0.15) is 5.82 Å². The highest BCUT2D eigenvalue weighted by atomic mass is 19.1. The fourth-order valence-electron chi connectivity index (χ4n) is 1.26. The van der Waals surface area contributed by atoms with Gasteiger partial charge in [-0.2, -0.15) is 4.98 Å². The van der Waals surface area contributed by atoms with Crippen LogP contribution in [0.3, 0.4) is 0 Å². The number of halogens is 1. The third kappa shape index (κ3) is 2.01. The Morgan fingerprint density at radius 2 is 2.31 bits per heavy atom. The lowest BCUT2D eigenvalue weighted by molar-refractivity contribution is 0.174. The average Bonchev–Trinajstić information content (AvgIpc) is 2.71. The zero-order valence-electron chi connectivity index (χ0n) is 8.61. The number of aromatic nitrogens is 2. The van der Waals surface area contributed by atoms with E-state index in [-0.39, 0.29) is 12.5 Å². The van der Waals surface area contributed by atoms with E-state index in [0.717, 1.165) is 0 Å². The van der Waals surface area contributed by atoms with Gasteiger partial charge in [0.2, 0.25) is 0 Å². The SMILES string of the molecule is COCc1noc(-c2cc(F)ccc2N)n1. The summed E-state index contributed by atoms with van der Waals surface area (Å²) in [5.74, 6) is 0.168. The van der Waals surface area contributed by atoms with E-state index < -0.39 is 5.82 Å². The minimum Gasteiger partial charge on any atom is -0.398 e. The molecule has 0 aliphatic carbocycles. The highest BCUT2D eigenvalue weighted by molar-refractivity contribution is 5.70. The van der Waals surface area contributed by atoms with Crippen molar-refractivity contribution in [1.82, 2.24) is 10.1 Å². The van der Waals surface area contributed by atoms with Crippen molar-refractivity contribution in [3.05, 3.63) is 29.8 Å². The number of hydrogen-bond acceptors (Lipinski definition) is 5. The van der Waals surface area contributed by atoms with Gasteiger partial charge in [0.1, 0.15) is 12.4 Å². The van der Waals surface area contributed by atoms with Crippen molar-refractivity contribution >= 4 is 5.69 Å². The second-order valence-electron chi connectivity index (χ2n) is 3.18. The molecule has 0 bridgehead atoms. The summed E-state index contributed by atoms with van der Waals surface area (Å²) in [4.78, 5) is 4.02. The highest BCUT2D eigenvalue weighted by Gasteiger charge is 2.12. The van der Waals surface area contributed by atoms with E-state index in [0.29, 0.717) is 17.1 Å². The Hall–Kier alpha value is -1.95. The first-order chi connectivity index (χ1) is 7.70. The monoisotopic (exact) mass is 223 g/mol. The number of rotatable bonds is 3. The molecule has 0 atom stereocenters. The molecule has 0 saturated heterocycles. The van der Waals surface area contributed by atoms with Crippen molar-refractivity contribution in [3.63, 3.8) is 0 Å². The average molecular weight is 223 g/mol. The zero-order chi connectivity index (χ0) is 11.5. The van der Waals surface area contributed by atoms with Crippen LogP contribution in [0.4, 0.5) is 10.1 Å². The van der Waals surface area contributed by atoms with Crippen molar-refractivity contribution in [3.8, 4) is 11.5 Å². The van der Waals surface area contributed by atoms with Gasteiger partial charge in [-0.15, -0.1) is 0 Å². The Kier molecular flexibility index (Phi) is 2.82. The normalized spacial score (nSPS) is 10.6. The van der Waals surface area contributed by atoms with Crippen LogP contribution in [0.5, 0.6) is 0 Å². The van der Waals surface area contributed by atoms with Crippen LogP contribution >= 0.6 is 0 Å². The third-order valence-corrected chi connectivity index (χ3v) is 1.99. The van der Waals surface area contributed by atoms with E-state index in [1.807, 2.05) is 0 Å². The molecule has 0 radical (unpaired) electrons. The molecule has 84 valence electrons. The molecule has 0 spiro atoms. The topological polar surface area (TPSA) is 74.2 Å². The van der Waals surface area contributed by atoms with Crippen LogP contribution in [-0.4, -0.2) is 17.3 Å². The van der Waals surface area contributed by atoms with Gasteiger partial charge in [0.25, 0.3) is 5.89 Å². The molecule has 0 aliphatic heterocycles. The standard InChI is InChI=1S/C10H10FN3O2/c1-15-5-9-13-10(16-14-9)7-4-6(11)2-3-8(7)12/h2-4H,5,12H2,1H3. The number of nitrogen functional groups attached to an aromatic ring is 1. The van der Waals surface area contributed by atoms with Crippen molar-refractivity contribution in [2.24, 2.45) is 0 Å². The van der Waals surface area contributed by atoms with E-state index in [1.54, 1.807) is 0 Å². The maximum Gasteiger partial charge on any atom is 0.260 e. The molecule has 0 unspecified atom stereocenters. The quantitative estimate of drug-likeness (QED) is 0.800. The second-order valence-corrected chi connectivity index (χ2v) is 3.18. The van der Waals surface area contributed by atoms with Crippen LogP contribution in [0.25, 0.3) is 11.5 Å². The Morgan fingerprint density at radius 3 is 3.06 bits per heavy atom. The second kappa shape index (κ2) is 4.28. The third-order valence-electron chi connectivity index (χ3n) is 1.99. The molecule has 2 N–H and O–H groups in total. The van der Waals surface area contributed by atoms with Crippen molar-refractivity contribution < 1.29 is 13.7 Å². The van der Waals surface area contributed by atoms with Gasteiger partial charge in [-0.25, -0.2) is 4.39 Å². The number of nitrogens with two attached hydrogens (primary N) is 1. The largest absolute Gasteiger partial charge is 0.398 e. The predicted molar refractivity (Wildman–Crippen MR) is 54.8 cm³/mol. The molecule has 1 aromatic carbocycles. The van der Waals surface area contributed by atoms with E-state index in [1.165, 1.54) is 25.3 Å². The van der Waals surface area contributed by atoms with E-state index in [2.05, 4.69) is 10.1 Å². The first-order valence-electron chi connectivity index (χ1n) is 4.57. The molecule has 2 rings (SSSR count). The van der Waals surface area contributed by atoms with Crippen molar-refractivity contribution in [2.75, 3.05) is 12.8 Å². The van der Waals surface area contributed by atoms with Crippen LogP contribution in [-0.2, 0) is 11.3 Å². The molecular weight excluding hydrogens is 213 g/mol. The number of methoxy groups -OCH3 is 1. The summed E-state index contributed by atoms with van der Waals surface area (Å²) in [7, 11) is 1.52. The number of ether oxygens (including phenoxy) is 1. The Balaban J connectivity index is 2.38. The summed E-state index contributed by atoms with van der Waals surface area (Å²) in [5.41, 5.74) is 6.45. The Bertz CT molecular complexity index is 499. The Labute approximate surface area is 91.0 Å². The first kappa shape index (κ1) is 10.6. The molecule has 2 aromatic rings. The van der Waals surface area contributed by atoms with Crippen LogP contribution < -0.4 is 5.73 Å². The summed E-state index contributed by atoms with van der Waals surface area (Å²) < 4.78 is 22.8. The van der Waals surface area contributed by atoms with Crippen LogP contribution in [0.15, 0.2) is 22.7 Å². The minimum absolute atomic E-state index is 0.184. The van der Waals surface area contributed by atoms with Gasteiger partial charge in [-0.05, 0) is 18.2 Å². The Morgan fingerprint density at radius 1 is 1.50 bits per heavy atom. The van der Waals surface area contributed by atoms with Gasteiger partial charge >= 0.3 is 0 Å². The fraction of sp³-hybridized carbons (Fsp3) is 0.200. The molecule has 0 fully saturated rings. The molecule has 5 nitrogen and oxygen atoms in total. The molecule has 0 aliphatic rings. The number of anilines is 1.